The van der Waals surface area contributed by atoms with E-state index in [0.29, 0.717) is 45.7 Å². The molecule has 2 fully saturated rings. The first-order chi connectivity index (χ1) is 11.3. The number of methoxy groups -OCH3 is 1. The fourth-order valence-corrected chi connectivity index (χ4v) is 3.72. The average molecular weight is 339 g/mol. The zero-order valence-corrected chi connectivity index (χ0v) is 15.2. The molecule has 2 saturated heterocycles. The molecule has 0 bridgehead atoms. The van der Waals surface area contributed by atoms with Gasteiger partial charge in [0.25, 0.3) is 0 Å². The molecule has 136 valence electrons. The van der Waals surface area contributed by atoms with E-state index in [4.69, 9.17) is 4.74 Å². The number of hydrogen-bond donors (Lipinski definition) is 0. The minimum absolute atomic E-state index is 0.0274. The molecule has 1 spiro atoms. The molecule has 0 aromatic rings. The summed E-state index contributed by atoms with van der Waals surface area (Å²) in [5.74, 6) is 0.00840. The van der Waals surface area contributed by atoms with Crippen LogP contribution in [0.15, 0.2) is 0 Å². The monoisotopic (exact) mass is 339 g/mol. The average Bonchev–Trinajstić information content (AvgIpc) is 2.72. The van der Waals surface area contributed by atoms with E-state index in [1.807, 2.05) is 30.6 Å². The Morgan fingerprint density at radius 3 is 2.33 bits per heavy atom. The van der Waals surface area contributed by atoms with Gasteiger partial charge in [-0.3, -0.25) is 14.4 Å². The van der Waals surface area contributed by atoms with Crippen LogP contribution in [-0.2, 0) is 19.1 Å². The van der Waals surface area contributed by atoms with E-state index in [2.05, 4.69) is 0 Å². The molecule has 3 amide bonds. The van der Waals surface area contributed by atoms with Crippen LogP contribution in [0.1, 0.15) is 27.2 Å². The molecule has 7 nitrogen and oxygen atoms in total. The lowest BCUT2D eigenvalue weighted by Gasteiger charge is -2.34. The molecule has 0 aromatic carbocycles. The molecule has 0 aromatic heterocycles. The van der Waals surface area contributed by atoms with Gasteiger partial charge in [0, 0.05) is 64.1 Å². The van der Waals surface area contributed by atoms with Gasteiger partial charge in [0.05, 0.1) is 0 Å². The van der Waals surface area contributed by atoms with Gasteiger partial charge in [0.2, 0.25) is 17.7 Å². The van der Waals surface area contributed by atoms with Crippen molar-refractivity contribution < 1.29 is 19.1 Å². The van der Waals surface area contributed by atoms with Crippen LogP contribution in [0.2, 0.25) is 0 Å². The maximum Gasteiger partial charge on any atom is 0.248 e. The summed E-state index contributed by atoms with van der Waals surface area (Å²) in [6.45, 7) is 9.03. The Balaban J connectivity index is 2.26. The van der Waals surface area contributed by atoms with E-state index in [0.717, 1.165) is 0 Å². The van der Waals surface area contributed by atoms with E-state index in [9.17, 15) is 14.4 Å². The van der Waals surface area contributed by atoms with Crippen LogP contribution in [-0.4, -0.2) is 85.4 Å². The summed E-state index contributed by atoms with van der Waals surface area (Å²) in [5.41, 5.74) is -0.377. The molecule has 2 rings (SSSR count). The standard InChI is InChI=1S/C17H29N3O4/c1-5-18-10-17(8-14(18)21)11-19(15(22)9-24-4)6-7-20(12-17)16(23)13(2)3/h13H,5-12H2,1-4H3/t17-/m0/s1. The second-order valence-corrected chi connectivity index (χ2v) is 7.25. The molecule has 2 aliphatic rings. The number of likely N-dealkylation sites (tertiary alicyclic amines) is 1. The van der Waals surface area contributed by atoms with Crippen molar-refractivity contribution in [1.29, 1.82) is 0 Å². The largest absolute Gasteiger partial charge is 0.375 e. The maximum absolute atomic E-state index is 12.5. The zero-order chi connectivity index (χ0) is 17.9. The number of nitrogens with zero attached hydrogens (tertiary/aromatic N) is 3. The Bertz CT molecular complexity index is 508. The van der Waals surface area contributed by atoms with Gasteiger partial charge in [-0.05, 0) is 6.92 Å². The van der Waals surface area contributed by atoms with Crippen molar-refractivity contribution >= 4 is 17.7 Å². The minimum Gasteiger partial charge on any atom is -0.375 e. The summed E-state index contributed by atoms with van der Waals surface area (Å²) >= 11 is 0. The Morgan fingerprint density at radius 2 is 1.79 bits per heavy atom. The second-order valence-electron chi connectivity index (χ2n) is 7.25. The molecule has 0 unspecified atom stereocenters. The molecule has 0 N–H and O–H groups in total. The molecule has 0 saturated carbocycles. The number of carbonyl (C=O) groups is 3. The Hall–Kier alpha value is -1.63. The molecular formula is C17H29N3O4. The van der Waals surface area contributed by atoms with Crippen LogP contribution in [0, 0.1) is 11.3 Å². The third kappa shape index (κ3) is 3.88. The van der Waals surface area contributed by atoms with Crippen molar-refractivity contribution in [2.24, 2.45) is 11.3 Å². The smallest absolute Gasteiger partial charge is 0.248 e. The summed E-state index contributed by atoms with van der Waals surface area (Å²) in [7, 11) is 1.50. The van der Waals surface area contributed by atoms with E-state index < -0.39 is 0 Å². The fourth-order valence-electron chi connectivity index (χ4n) is 3.72. The predicted molar refractivity (Wildman–Crippen MR) is 89.2 cm³/mol. The van der Waals surface area contributed by atoms with Gasteiger partial charge in [-0.2, -0.15) is 0 Å². The molecule has 0 radical (unpaired) electrons. The SMILES string of the molecule is CCN1C[C@@]2(CC1=O)CN(C(=O)COC)CCN(C(=O)C(C)C)C2. The Morgan fingerprint density at radius 1 is 1.17 bits per heavy atom. The summed E-state index contributed by atoms with van der Waals surface area (Å²) in [6.07, 6.45) is 0.388. The lowest BCUT2D eigenvalue weighted by molar-refractivity contribution is -0.137. The number of hydrogen-bond acceptors (Lipinski definition) is 4. The van der Waals surface area contributed by atoms with Crippen molar-refractivity contribution in [2.75, 3.05) is 53.0 Å². The first kappa shape index (κ1) is 18.7. The lowest BCUT2D eigenvalue weighted by atomic mass is 9.85. The van der Waals surface area contributed by atoms with Crippen molar-refractivity contribution in [2.45, 2.75) is 27.2 Å². The zero-order valence-electron chi connectivity index (χ0n) is 15.2. The van der Waals surface area contributed by atoms with Crippen molar-refractivity contribution in [3.05, 3.63) is 0 Å². The molecule has 7 heteroatoms. The second kappa shape index (κ2) is 7.51. The van der Waals surface area contributed by atoms with Gasteiger partial charge >= 0.3 is 0 Å². The molecule has 24 heavy (non-hydrogen) atoms. The highest BCUT2D eigenvalue weighted by atomic mass is 16.5. The summed E-state index contributed by atoms with van der Waals surface area (Å²) in [4.78, 5) is 42.6. The first-order valence-corrected chi connectivity index (χ1v) is 8.65. The number of ether oxygens (including phenoxy) is 1. The van der Waals surface area contributed by atoms with Gasteiger partial charge in [-0.25, -0.2) is 0 Å². The van der Waals surface area contributed by atoms with Crippen molar-refractivity contribution in [3.8, 4) is 0 Å². The Kier molecular flexibility index (Phi) is 5.85. The first-order valence-electron chi connectivity index (χ1n) is 8.65. The number of carbonyl (C=O) groups excluding carboxylic acids is 3. The van der Waals surface area contributed by atoms with Gasteiger partial charge in [-0.1, -0.05) is 13.8 Å². The van der Waals surface area contributed by atoms with Gasteiger partial charge in [0.15, 0.2) is 0 Å². The summed E-state index contributed by atoms with van der Waals surface area (Å²) in [6, 6.07) is 0. The lowest BCUT2D eigenvalue weighted by Crippen LogP contribution is -2.46. The van der Waals surface area contributed by atoms with Crippen LogP contribution in [0.25, 0.3) is 0 Å². The quantitative estimate of drug-likeness (QED) is 0.734. The van der Waals surface area contributed by atoms with Gasteiger partial charge in [0.1, 0.15) is 6.61 Å². The highest BCUT2D eigenvalue weighted by Crippen LogP contribution is 2.35. The number of rotatable bonds is 4. The van der Waals surface area contributed by atoms with Crippen LogP contribution in [0.5, 0.6) is 0 Å². The minimum atomic E-state index is -0.377. The fraction of sp³-hybridized carbons (Fsp3) is 0.824. The number of amides is 3. The van der Waals surface area contributed by atoms with Gasteiger partial charge < -0.3 is 19.4 Å². The van der Waals surface area contributed by atoms with Crippen LogP contribution in [0.3, 0.4) is 0 Å². The summed E-state index contributed by atoms with van der Waals surface area (Å²) < 4.78 is 4.98. The summed E-state index contributed by atoms with van der Waals surface area (Å²) in [5, 5.41) is 0. The third-order valence-electron chi connectivity index (χ3n) is 4.91. The van der Waals surface area contributed by atoms with Crippen LogP contribution in [0.4, 0.5) is 0 Å². The predicted octanol–water partition coefficient (Wildman–Crippen LogP) is 0.198. The van der Waals surface area contributed by atoms with E-state index in [-0.39, 0.29) is 35.7 Å². The molecular weight excluding hydrogens is 310 g/mol. The molecule has 2 aliphatic heterocycles. The van der Waals surface area contributed by atoms with E-state index >= 15 is 0 Å². The highest BCUT2D eigenvalue weighted by molar-refractivity contribution is 5.82. The molecule has 2 heterocycles. The maximum atomic E-state index is 12.5. The van der Waals surface area contributed by atoms with E-state index in [1.54, 1.807) is 4.90 Å². The highest BCUT2D eigenvalue weighted by Gasteiger charge is 2.47. The third-order valence-corrected chi connectivity index (χ3v) is 4.91. The normalized spacial score (nSPS) is 24.9. The van der Waals surface area contributed by atoms with Gasteiger partial charge in [-0.15, -0.1) is 0 Å². The Labute approximate surface area is 143 Å². The van der Waals surface area contributed by atoms with Crippen LogP contribution >= 0.6 is 0 Å². The van der Waals surface area contributed by atoms with Crippen LogP contribution < -0.4 is 0 Å². The molecule has 0 aliphatic carbocycles. The van der Waals surface area contributed by atoms with Crippen molar-refractivity contribution in [3.63, 3.8) is 0 Å². The van der Waals surface area contributed by atoms with E-state index in [1.165, 1.54) is 7.11 Å². The van der Waals surface area contributed by atoms with Crippen molar-refractivity contribution in [1.82, 2.24) is 14.7 Å². The topological polar surface area (TPSA) is 70.2 Å². The molecule has 1 atom stereocenters.